The topological polar surface area (TPSA) is 52.6 Å². The molecule has 104 valence electrons. The van der Waals surface area contributed by atoms with Crippen LogP contribution in [0.25, 0.3) is 10.8 Å². The van der Waals surface area contributed by atoms with Gasteiger partial charge >= 0.3 is 0 Å². The standard InChI is InChI=1S/C17H12O4/c1-20-16-9-15(19)17(10-14(16)18)21-13-7-6-11-4-2-3-5-12(11)8-13/h2-10H,1H3. The maximum atomic E-state index is 11.9. The Kier molecular flexibility index (Phi) is 3.28. The number of hydrogen-bond donors (Lipinski definition) is 0. The van der Waals surface area contributed by atoms with Gasteiger partial charge in [0.2, 0.25) is 11.6 Å². The molecular formula is C17H12O4. The molecule has 0 radical (unpaired) electrons. The molecule has 0 heterocycles. The summed E-state index contributed by atoms with van der Waals surface area (Å²) in [6, 6.07) is 13.3. The minimum atomic E-state index is -0.389. The van der Waals surface area contributed by atoms with Gasteiger partial charge in [-0.2, -0.15) is 0 Å². The van der Waals surface area contributed by atoms with Crippen molar-refractivity contribution in [1.82, 2.24) is 0 Å². The molecule has 0 saturated carbocycles. The van der Waals surface area contributed by atoms with Crippen molar-refractivity contribution >= 4 is 22.3 Å². The smallest absolute Gasteiger partial charge is 0.225 e. The summed E-state index contributed by atoms with van der Waals surface area (Å²) in [7, 11) is 1.35. The number of carbonyl (C=O) groups excluding carboxylic acids is 2. The second kappa shape index (κ2) is 5.25. The van der Waals surface area contributed by atoms with Gasteiger partial charge < -0.3 is 9.47 Å². The molecular weight excluding hydrogens is 268 g/mol. The number of methoxy groups -OCH3 is 1. The number of benzene rings is 2. The first-order valence-corrected chi connectivity index (χ1v) is 6.40. The van der Waals surface area contributed by atoms with Crippen LogP contribution in [0.5, 0.6) is 5.75 Å². The lowest BCUT2D eigenvalue weighted by molar-refractivity contribution is -0.118. The van der Waals surface area contributed by atoms with Crippen molar-refractivity contribution in [3.8, 4) is 5.75 Å². The van der Waals surface area contributed by atoms with Gasteiger partial charge in [0, 0.05) is 12.2 Å². The molecule has 0 fully saturated rings. The first-order chi connectivity index (χ1) is 10.2. The minimum Gasteiger partial charge on any atom is -0.493 e. The summed E-state index contributed by atoms with van der Waals surface area (Å²) in [6.45, 7) is 0. The van der Waals surface area contributed by atoms with Crippen molar-refractivity contribution in [2.75, 3.05) is 7.11 Å². The Balaban J connectivity index is 1.89. The van der Waals surface area contributed by atoms with Crippen LogP contribution in [-0.2, 0) is 14.3 Å². The molecule has 4 nitrogen and oxygen atoms in total. The van der Waals surface area contributed by atoms with E-state index in [1.807, 2.05) is 36.4 Å². The zero-order chi connectivity index (χ0) is 14.8. The molecule has 0 unspecified atom stereocenters. The van der Waals surface area contributed by atoms with E-state index >= 15 is 0 Å². The number of allylic oxidation sites excluding steroid dienone is 2. The zero-order valence-corrected chi connectivity index (χ0v) is 11.3. The molecule has 2 aromatic carbocycles. The Morgan fingerprint density at radius 3 is 2.24 bits per heavy atom. The van der Waals surface area contributed by atoms with Crippen LogP contribution in [0.1, 0.15) is 0 Å². The van der Waals surface area contributed by atoms with E-state index < -0.39 is 0 Å². The highest BCUT2D eigenvalue weighted by Crippen LogP contribution is 2.23. The Morgan fingerprint density at radius 1 is 0.810 bits per heavy atom. The average molecular weight is 280 g/mol. The second-order valence-electron chi connectivity index (χ2n) is 4.56. The lowest BCUT2D eigenvalue weighted by Crippen LogP contribution is -2.17. The van der Waals surface area contributed by atoms with Crippen LogP contribution >= 0.6 is 0 Å². The monoisotopic (exact) mass is 280 g/mol. The zero-order valence-electron chi connectivity index (χ0n) is 11.3. The molecule has 3 rings (SSSR count). The van der Waals surface area contributed by atoms with Crippen molar-refractivity contribution in [2.45, 2.75) is 0 Å². The van der Waals surface area contributed by atoms with Gasteiger partial charge in [-0.25, -0.2) is 0 Å². The highest BCUT2D eigenvalue weighted by molar-refractivity contribution is 6.18. The molecule has 21 heavy (non-hydrogen) atoms. The van der Waals surface area contributed by atoms with E-state index in [-0.39, 0.29) is 23.1 Å². The summed E-state index contributed by atoms with van der Waals surface area (Å²) in [4.78, 5) is 23.6. The van der Waals surface area contributed by atoms with Crippen LogP contribution in [-0.4, -0.2) is 18.7 Å². The van der Waals surface area contributed by atoms with Crippen molar-refractivity contribution in [2.24, 2.45) is 0 Å². The number of carbonyl (C=O) groups is 2. The third kappa shape index (κ3) is 2.56. The highest BCUT2D eigenvalue weighted by atomic mass is 16.5. The van der Waals surface area contributed by atoms with Gasteiger partial charge in [0.05, 0.1) is 7.11 Å². The summed E-state index contributed by atoms with van der Waals surface area (Å²) >= 11 is 0. The van der Waals surface area contributed by atoms with Gasteiger partial charge in [0.1, 0.15) is 5.75 Å². The molecule has 0 atom stereocenters. The number of fused-ring (bicyclic) bond motifs is 1. The van der Waals surface area contributed by atoms with Gasteiger partial charge in [-0.3, -0.25) is 9.59 Å². The molecule has 1 aliphatic rings. The van der Waals surface area contributed by atoms with Crippen LogP contribution in [0.2, 0.25) is 0 Å². The predicted octanol–water partition coefficient (Wildman–Crippen LogP) is 2.78. The van der Waals surface area contributed by atoms with Gasteiger partial charge in [-0.15, -0.1) is 0 Å². The molecule has 0 spiro atoms. The van der Waals surface area contributed by atoms with Crippen LogP contribution in [0.3, 0.4) is 0 Å². The Bertz CT molecular complexity index is 799. The van der Waals surface area contributed by atoms with Crippen molar-refractivity contribution in [3.05, 3.63) is 66.1 Å². The van der Waals surface area contributed by atoms with Gasteiger partial charge in [0.25, 0.3) is 0 Å². The normalized spacial score (nSPS) is 14.7. The van der Waals surface area contributed by atoms with Crippen molar-refractivity contribution < 1.29 is 19.1 Å². The van der Waals surface area contributed by atoms with Gasteiger partial charge in [-0.1, -0.05) is 30.3 Å². The van der Waals surface area contributed by atoms with E-state index in [4.69, 9.17) is 9.47 Å². The van der Waals surface area contributed by atoms with Crippen LogP contribution in [0.4, 0.5) is 0 Å². The summed E-state index contributed by atoms with van der Waals surface area (Å²) in [5.74, 6) is -0.246. The number of rotatable bonds is 3. The SMILES string of the molecule is COC1=CC(=O)C(Oc2ccc3ccccc3c2)=CC1=O. The van der Waals surface area contributed by atoms with E-state index in [9.17, 15) is 9.59 Å². The number of ketones is 2. The Hall–Kier alpha value is -2.88. The third-order valence-electron chi connectivity index (χ3n) is 3.18. The quantitative estimate of drug-likeness (QED) is 0.811. The fourth-order valence-electron chi connectivity index (χ4n) is 2.12. The molecule has 0 saturated heterocycles. The van der Waals surface area contributed by atoms with Crippen molar-refractivity contribution in [3.63, 3.8) is 0 Å². The molecule has 0 N–H and O–H groups in total. The average Bonchev–Trinajstić information content (AvgIpc) is 2.50. The molecule has 2 aromatic rings. The lowest BCUT2D eigenvalue weighted by Gasteiger charge is -2.12. The summed E-state index contributed by atoms with van der Waals surface area (Å²) in [5.41, 5.74) is 0. The first kappa shape index (κ1) is 13.1. The second-order valence-corrected chi connectivity index (χ2v) is 4.56. The van der Waals surface area contributed by atoms with E-state index in [1.54, 1.807) is 6.07 Å². The molecule has 0 bridgehead atoms. The maximum absolute atomic E-state index is 11.9. The number of ether oxygens (including phenoxy) is 2. The molecule has 0 amide bonds. The summed E-state index contributed by atoms with van der Waals surface area (Å²) < 4.78 is 10.4. The maximum Gasteiger partial charge on any atom is 0.225 e. The van der Waals surface area contributed by atoms with E-state index in [0.29, 0.717) is 5.75 Å². The fraction of sp³-hybridized carbons (Fsp3) is 0.0588. The highest BCUT2D eigenvalue weighted by Gasteiger charge is 2.22. The predicted molar refractivity (Wildman–Crippen MR) is 77.8 cm³/mol. The van der Waals surface area contributed by atoms with E-state index in [0.717, 1.165) is 22.9 Å². The first-order valence-electron chi connectivity index (χ1n) is 6.40. The lowest BCUT2D eigenvalue weighted by atomic mass is 10.1. The molecule has 1 aliphatic carbocycles. The van der Waals surface area contributed by atoms with Crippen molar-refractivity contribution in [1.29, 1.82) is 0 Å². The summed E-state index contributed by atoms with van der Waals surface area (Å²) in [6.07, 6.45) is 2.29. The Morgan fingerprint density at radius 2 is 1.48 bits per heavy atom. The third-order valence-corrected chi connectivity index (χ3v) is 3.18. The van der Waals surface area contributed by atoms with Gasteiger partial charge in [0.15, 0.2) is 11.5 Å². The van der Waals surface area contributed by atoms with E-state index in [2.05, 4.69) is 0 Å². The Labute approximate surface area is 121 Å². The largest absolute Gasteiger partial charge is 0.493 e. The van der Waals surface area contributed by atoms with Gasteiger partial charge in [-0.05, 0) is 22.9 Å². The van der Waals surface area contributed by atoms with E-state index in [1.165, 1.54) is 7.11 Å². The van der Waals surface area contributed by atoms with Crippen LogP contribution in [0.15, 0.2) is 66.1 Å². The fourth-order valence-corrected chi connectivity index (χ4v) is 2.12. The van der Waals surface area contributed by atoms with Crippen LogP contribution < -0.4 is 4.74 Å². The number of hydrogen-bond acceptors (Lipinski definition) is 4. The summed E-state index contributed by atoms with van der Waals surface area (Å²) in [5, 5.41) is 2.07. The molecule has 0 aliphatic heterocycles. The van der Waals surface area contributed by atoms with Crippen LogP contribution in [0, 0.1) is 0 Å². The minimum absolute atomic E-state index is 0.00363. The molecule has 4 heteroatoms. The molecule has 0 aromatic heterocycles.